The number of hydrogen-bond acceptors (Lipinski definition) is 11. The van der Waals surface area contributed by atoms with Gasteiger partial charge in [0.25, 0.3) is 5.56 Å². The number of amides is 2. The number of hydrogen-bond donors (Lipinski definition) is 2. The number of aryl methyl sites for hydroxylation is 2. The minimum Gasteiger partial charge on any atom is -0.370 e. The molecule has 5 aromatic rings. The van der Waals surface area contributed by atoms with Gasteiger partial charge in [0.1, 0.15) is 16.7 Å². The lowest BCUT2D eigenvalue weighted by molar-refractivity contribution is -0.135. The number of sulfone groups is 1. The zero-order valence-corrected chi connectivity index (χ0v) is 37.4. The maximum atomic E-state index is 14.0. The van der Waals surface area contributed by atoms with Crippen molar-refractivity contribution in [2.75, 3.05) is 42.9 Å². The highest BCUT2D eigenvalue weighted by atomic mass is 35.5. The molecule has 5 fully saturated rings. The number of imide groups is 1. The van der Waals surface area contributed by atoms with Gasteiger partial charge >= 0.3 is 5.69 Å². The predicted molar refractivity (Wildman–Crippen MR) is 243 cm³/mol. The summed E-state index contributed by atoms with van der Waals surface area (Å²) in [6.45, 7) is 5.98. The van der Waals surface area contributed by atoms with E-state index < -0.39 is 27.0 Å². The lowest BCUT2D eigenvalue weighted by atomic mass is 9.92. The van der Waals surface area contributed by atoms with Gasteiger partial charge in [0.15, 0.2) is 9.84 Å². The first kappa shape index (κ1) is 41.9. The van der Waals surface area contributed by atoms with Gasteiger partial charge in [-0.3, -0.25) is 33.4 Å². The Morgan fingerprint density at radius 3 is 2.43 bits per heavy atom. The summed E-state index contributed by atoms with van der Waals surface area (Å²) in [5, 5.41) is 6.11. The summed E-state index contributed by atoms with van der Waals surface area (Å²) in [7, 11) is -1.81. The van der Waals surface area contributed by atoms with Gasteiger partial charge in [-0.1, -0.05) is 24.1 Å². The first-order valence-electron chi connectivity index (χ1n) is 22.5. The first-order chi connectivity index (χ1) is 30.3. The van der Waals surface area contributed by atoms with Crippen molar-refractivity contribution < 1.29 is 18.0 Å². The van der Waals surface area contributed by atoms with Crippen molar-refractivity contribution in [2.24, 2.45) is 18.4 Å². The molecule has 2 aromatic carbocycles. The van der Waals surface area contributed by atoms with Gasteiger partial charge in [-0.2, -0.15) is 4.98 Å². The number of aromatic nitrogens is 5. The molecule has 1 spiro atoms. The number of carbonyl (C=O) groups is 2. The van der Waals surface area contributed by atoms with E-state index in [1.54, 1.807) is 46.6 Å². The smallest absolute Gasteiger partial charge is 0.329 e. The second-order valence-corrected chi connectivity index (χ2v) is 21.3. The molecular weight excluding hydrogens is 842 g/mol. The van der Waals surface area contributed by atoms with E-state index in [1.807, 2.05) is 25.1 Å². The standard InChI is InChI=1S/C46H54ClN9O6S/c1-28-25-32(8-9-34(28)49-44-48-27-30-26-33(47)43(59)56(41(30)51-44)38-7-4-17-46(38)18-19-46)63(61,62)31-15-21-53(22-16-31)20-12-29-13-23-54(24-14-29)35-5-3-6-36-40(35)52(2)45(60)55(36)37-10-11-39(57)50-42(37)58/h3,5-6,8-9,25-27,29,31,37-38H,4,7,10-24H2,1-2H3,(H,48,49,51)(H,50,57,58). The molecule has 2 N–H and O–H groups in total. The summed E-state index contributed by atoms with van der Waals surface area (Å²) < 4.78 is 32.9. The molecule has 10 rings (SSSR count). The maximum absolute atomic E-state index is 14.0. The average Bonchev–Trinajstić information content (AvgIpc) is 3.88. The summed E-state index contributed by atoms with van der Waals surface area (Å²) in [5.41, 5.74) is 4.18. The third-order valence-corrected chi connectivity index (χ3v) is 17.5. The van der Waals surface area contributed by atoms with Crippen molar-refractivity contribution in [3.8, 4) is 0 Å². The fourth-order valence-corrected chi connectivity index (χ4v) is 13.2. The number of pyridine rings is 1. The molecule has 15 nitrogen and oxygen atoms in total. The Labute approximate surface area is 370 Å². The number of para-hydroxylation sites is 1. The fraction of sp³-hybridized carbons (Fsp3) is 0.522. The molecule has 2 aliphatic carbocycles. The van der Waals surface area contributed by atoms with Crippen LogP contribution >= 0.6 is 11.6 Å². The number of piperidine rings is 3. The van der Waals surface area contributed by atoms with Gasteiger partial charge < -0.3 is 15.1 Å². The summed E-state index contributed by atoms with van der Waals surface area (Å²) in [6, 6.07) is 12.0. The van der Waals surface area contributed by atoms with Gasteiger partial charge in [-0.05, 0) is 144 Å². The third-order valence-electron chi connectivity index (χ3n) is 15.0. The molecule has 5 aliphatic rings. The maximum Gasteiger partial charge on any atom is 0.329 e. The number of benzene rings is 2. The second-order valence-electron chi connectivity index (χ2n) is 18.6. The second kappa shape index (κ2) is 16.2. The predicted octanol–water partition coefficient (Wildman–Crippen LogP) is 6.18. The summed E-state index contributed by atoms with van der Waals surface area (Å²) >= 11 is 6.42. The van der Waals surface area contributed by atoms with Crippen molar-refractivity contribution in [2.45, 2.75) is 106 Å². The van der Waals surface area contributed by atoms with Crippen molar-refractivity contribution in [1.29, 1.82) is 0 Å². The molecule has 3 aliphatic heterocycles. The number of nitrogens with zero attached hydrogens (tertiary/aromatic N) is 7. The lowest BCUT2D eigenvalue weighted by Gasteiger charge is -2.36. The van der Waals surface area contributed by atoms with Crippen LogP contribution in [0.25, 0.3) is 22.1 Å². The summed E-state index contributed by atoms with van der Waals surface area (Å²) in [6.07, 6.45) is 11.8. The molecule has 3 aromatic heterocycles. The zero-order valence-electron chi connectivity index (χ0n) is 35.8. The van der Waals surface area contributed by atoms with Crippen LogP contribution in [-0.4, -0.2) is 86.8 Å². The van der Waals surface area contributed by atoms with Gasteiger partial charge in [0, 0.05) is 49.9 Å². The molecule has 2 amide bonds. The molecule has 0 radical (unpaired) electrons. The number of anilines is 3. The van der Waals surface area contributed by atoms with E-state index in [4.69, 9.17) is 16.6 Å². The van der Waals surface area contributed by atoms with Gasteiger partial charge in [0.05, 0.1) is 26.9 Å². The van der Waals surface area contributed by atoms with Crippen LogP contribution in [0.3, 0.4) is 0 Å². The molecule has 6 heterocycles. The Morgan fingerprint density at radius 2 is 1.70 bits per heavy atom. The normalized spacial score (nSPS) is 22.4. The molecule has 63 heavy (non-hydrogen) atoms. The van der Waals surface area contributed by atoms with E-state index in [0.29, 0.717) is 58.3 Å². The van der Waals surface area contributed by atoms with E-state index in [0.717, 1.165) is 101 Å². The average molecular weight is 897 g/mol. The van der Waals surface area contributed by atoms with Crippen LogP contribution in [-0.2, 0) is 26.5 Å². The van der Waals surface area contributed by atoms with Crippen molar-refractivity contribution >= 4 is 72.6 Å². The molecule has 2 unspecified atom stereocenters. The zero-order chi connectivity index (χ0) is 43.8. The van der Waals surface area contributed by atoms with E-state index >= 15 is 0 Å². The first-order valence-corrected chi connectivity index (χ1v) is 24.4. The highest BCUT2D eigenvalue weighted by Gasteiger charge is 2.53. The number of likely N-dealkylation sites (tertiary alicyclic amines) is 1. The molecule has 3 saturated heterocycles. The highest BCUT2D eigenvalue weighted by molar-refractivity contribution is 7.92. The Hall–Kier alpha value is -5.06. The Balaban J connectivity index is 0.739. The molecule has 0 bridgehead atoms. The van der Waals surface area contributed by atoms with Crippen molar-refractivity contribution in [3.05, 3.63) is 80.1 Å². The topological polar surface area (TPSA) is 174 Å². The Bertz CT molecular complexity index is 2890. The molecule has 2 saturated carbocycles. The number of rotatable bonds is 10. The quantitative estimate of drug-likeness (QED) is 0.153. The number of carbonyl (C=O) groups excluding carboxylic acids is 2. The lowest BCUT2D eigenvalue weighted by Crippen LogP contribution is -2.44. The minimum atomic E-state index is -3.55. The molecular formula is C46H54ClN9O6S. The van der Waals surface area contributed by atoms with Crippen LogP contribution in [0.5, 0.6) is 0 Å². The van der Waals surface area contributed by atoms with E-state index in [-0.39, 0.29) is 40.1 Å². The van der Waals surface area contributed by atoms with E-state index in [9.17, 15) is 27.6 Å². The van der Waals surface area contributed by atoms with Gasteiger partial charge in [-0.15, -0.1) is 0 Å². The van der Waals surface area contributed by atoms with Crippen molar-refractivity contribution in [3.63, 3.8) is 0 Å². The van der Waals surface area contributed by atoms with Crippen LogP contribution in [0.1, 0.15) is 94.7 Å². The van der Waals surface area contributed by atoms with Crippen LogP contribution in [0.4, 0.5) is 17.3 Å². The van der Waals surface area contributed by atoms with E-state index in [2.05, 4.69) is 25.4 Å². The van der Waals surface area contributed by atoms with Gasteiger partial charge in [-0.25, -0.2) is 18.2 Å². The van der Waals surface area contributed by atoms with Gasteiger partial charge in [0.2, 0.25) is 17.8 Å². The largest absolute Gasteiger partial charge is 0.370 e. The van der Waals surface area contributed by atoms with Crippen molar-refractivity contribution in [1.82, 2.24) is 33.9 Å². The van der Waals surface area contributed by atoms with Crippen LogP contribution in [0.15, 0.2) is 63.1 Å². The molecule has 332 valence electrons. The minimum absolute atomic E-state index is 0.0705. The highest BCUT2D eigenvalue weighted by Crippen LogP contribution is 2.63. The summed E-state index contributed by atoms with van der Waals surface area (Å²) in [5.74, 6) is 0.130. The summed E-state index contributed by atoms with van der Waals surface area (Å²) in [4.78, 5) is 65.8. The number of nitrogens with one attached hydrogen (secondary N) is 2. The van der Waals surface area contributed by atoms with Crippen LogP contribution in [0.2, 0.25) is 5.02 Å². The number of halogens is 1. The Kier molecular flexibility index (Phi) is 10.8. The third kappa shape index (κ3) is 7.54. The molecule has 17 heteroatoms. The van der Waals surface area contributed by atoms with Crippen LogP contribution < -0.4 is 26.8 Å². The number of imidazole rings is 1. The van der Waals surface area contributed by atoms with Crippen LogP contribution in [0, 0.1) is 18.3 Å². The Morgan fingerprint density at radius 1 is 0.921 bits per heavy atom. The SMILES string of the molecule is Cc1cc(S(=O)(=O)C2CCN(CCC3CCN(c4cccc5c4n(C)c(=O)n5C4CCC(=O)NC4=O)CC3)CC2)ccc1Nc1ncc2cc(Cl)c(=O)n(C3CCCC34CC4)c2n1. The number of fused-ring (bicyclic) bond motifs is 2. The molecule has 2 atom stereocenters. The fourth-order valence-electron chi connectivity index (χ4n) is 11.1. The van der Waals surface area contributed by atoms with E-state index in [1.165, 1.54) is 4.57 Å². The monoisotopic (exact) mass is 895 g/mol.